The van der Waals surface area contributed by atoms with Crippen molar-refractivity contribution < 1.29 is 18.3 Å². The molecule has 1 saturated carbocycles. The molecule has 1 aromatic heterocycles. The van der Waals surface area contributed by atoms with Crippen molar-refractivity contribution in [2.75, 3.05) is 5.32 Å². The summed E-state index contributed by atoms with van der Waals surface area (Å²) in [5, 5.41) is 12.4. The van der Waals surface area contributed by atoms with Crippen LogP contribution < -0.4 is 5.32 Å². The van der Waals surface area contributed by atoms with E-state index in [1.165, 1.54) is 0 Å². The van der Waals surface area contributed by atoms with Gasteiger partial charge in [0.25, 0.3) is 0 Å². The third-order valence-corrected chi connectivity index (χ3v) is 3.03. The van der Waals surface area contributed by atoms with Crippen LogP contribution in [0.2, 0.25) is 0 Å². The molecule has 1 heterocycles. The van der Waals surface area contributed by atoms with Crippen molar-refractivity contribution in [2.24, 2.45) is 0 Å². The van der Waals surface area contributed by atoms with Gasteiger partial charge < -0.3 is 10.4 Å². The lowest BCUT2D eigenvalue weighted by Gasteiger charge is -2.40. The van der Waals surface area contributed by atoms with Crippen molar-refractivity contribution in [2.45, 2.75) is 37.6 Å². The zero-order valence-electron chi connectivity index (χ0n) is 8.38. The molecule has 0 amide bonds. The van der Waals surface area contributed by atoms with Crippen molar-refractivity contribution >= 4 is 16.7 Å². The normalized spacial score (nSPS) is 29.9. The van der Waals surface area contributed by atoms with E-state index in [4.69, 9.17) is 0 Å². The lowest BCUT2D eigenvalue weighted by molar-refractivity contribution is -0.144. The minimum Gasteiger partial charge on any atom is -0.390 e. The molecule has 1 aliphatic rings. The molecule has 2 rings (SSSR count). The minimum absolute atomic E-state index is 0.0240. The van der Waals surface area contributed by atoms with Gasteiger partial charge in [-0.05, 0) is 19.8 Å². The molecule has 0 aromatic carbocycles. The molecular formula is C8H10F3N3OS. The first kappa shape index (κ1) is 11.6. The molecular weight excluding hydrogens is 243 g/mol. The number of nitrogens with one attached hydrogen (secondary N) is 1. The summed E-state index contributed by atoms with van der Waals surface area (Å²) in [6, 6.07) is -0.0240. The Bertz CT molecular complexity index is 382. The summed E-state index contributed by atoms with van der Waals surface area (Å²) in [5.41, 5.74) is -0.713. The highest BCUT2D eigenvalue weighted by atomic mass is 32.1. The van der Waals surface area contributed by atoms with Crippen LogP contribution in [0.1, 0.15) is 25.6 Å². The lowest BCUT2D eigenvalue weighted by atomic mass is 9.77. The van der Waals surface area contributed by atoms with Crippen LogP contribution in [0.4, 0.5) is 18.3 Å². The summed E-state index contributed by atoms with van der Waals surface area (Å²) in [4.78, 5) is 3.34. The van der Waals surface area contributed by atoms with Crippen LogP contribution in [0.15, 0.2) is 0 Å². The van der Waals surface area contributed by atoms with Gasteiger partial charge in [-0.3, -0.25) is 0 Å². The van der Waals surface area contributed by atoms with Crippen molar-refractivity contribution in [3.63, 3.8) is 0 Å². The zero-order valence-corrected chi connectivity index (χ0v) is 9.19. The Hall–Kier alpha value is -0.890. The molecule has 0 atom stereocenters. The Balaban J connectivity index is 1.94. The van der Waals surface area contributed by atoms with Gasteiger partial charge in [0.05, 0.1) is 5.60 Å². The molecule has 0 spiro atoms. The van der Waals surface area contributed by atoms with Crippen molar-refractivity contribution in [1.82, 2.24) is 9.36 Å². The molecule has 16 heavy (non-hydrogen) atoms. The molecule has 4 nitrogen and oxygen atoms in total. The number of rotatable bonds is 2. The molecule has 0 radical (unpaired) electrons. The van der Waals surface area contributed by atoms with E-state index < -0.39 is 17.6 Å². The number of alkyl halides is 3. The summed E-state index contributed by atoms with van der Waals surface area (Å²) < 4.78 is 39.7. The second-order valence-corrected chi connectivity index (χ2v) is 4.92. The van der Waals surface area contributed by atoms with E-state index in [0.717, 1.165) is 0 Å². The average molecular weight is 253 g/mol. The Kier molecular flexibility index (Phi) is 2.58. The predicted molar refractivity (Wildman–Crippen MR) is 52.2 cm³/mol. The topological polar surface area (TPSA) is 58.0 Å². The van der Waals surface area contributed by atoms with E-state index in [0.29, 0.717) is 24.4 Å². The number of hydrogen-bond donors (Lipinski definition) is 2. The largest absolute Gasteiger partial charge is 0.452 e. The Morgan fingerprint density at radius 3 is 2.56 bits per heavy atom. The first-order valence-corrected chi connectivity index (χ1v) is 5.43. The predicted octanol–water partition coefficient (Wildman–Crippen LogP) is 1.88. The van der Waals surface area contributed by atoms with E-state index in [1.54, 1.807) is 6.92 Å². The minimum atomic E-state index is -4.50. The molecule has 0 unspecified atom stereocenters. The van der Waals surface area contributed by atoms with Gasteiger partial charge in [-0.1, -0.05) is 0 Å². The van der Waals surface area contributed by atoms with E-state index in [-0.39, 0.29) is 11.2 Å². The third-order valence-electron chi connectivity index (χ3n) is 2.38. The Labute approximate surface area is 93.7 Å². The number of aliphatic hydroxyl groups is 1. The number of anilines is 1. The summed E-state index contributed by atoms with van der Waals surface area (Å²) in [6.07, 6.45) is -3.48. The fraction of sp³-hybridized carbons (Fsp3) is 0.750. The van der Waals surface area contributed by atoms with Crippen molar-refractivity contribution in [1.29, 1.82) is 0 Å². The van der Waals surface area contributed by atoms with Gasteiger partial charge in [0, 0.05) is 17.6 Å². The fourth-order valence-electron chi connectivity index (χ4n) is 1.68. The van der Waals surface area contributed by atoms with Crippen LogP contribution in [-0.4, -0.2) is 26.1 Å². The van der Waals surface area contributed by atoms with Gasteiger partial charge in [0.1, 0.15) is 0 Å². The van der Waals surface area contributed by atoms with Gasteiger partial charge in [-0.15, -0.1) is 0 Å². The molecule has 2 N–H and O–H groups in total. The molecule has 1 fully saturated rings. The van der Waals surface area contributed by atoms with Crippen LogP contribution in [-0.2, 0) is 6.18 Å². The van der Waals surface area contributed by atoms with Crippen LogP contribution in [0.3, 0.4) is 0 Å². The smallest absolute Gasteiger partial charge is 0.390 e. The first-order valence-electron chi connectivity index (χ1n) is 4.66. The lowest BCUT2D eigenvalue weighted by Crippen LogP contribution is -2.48. The van der Waals surface area contributed by atoms with Crippen LogP contribution >= 0.6 is 11.5 Å². The summed E-state index contributed by atoms with van der Waals surface area (Å²) in [6.45, 7) is 1.69. The van der Waals surface area contributed by atoms with Gasteiger partial charge >= 0.3 is 6.18 Å². The average Bonchev–Trinajstić information content (AvgIpc) is 2.48. The second kappa shape index (κ2) is 3.56. The molecule has 8 heteroatoms. The van der Waals surface area contributed by atoms with Crippen molar-refractivity contribution in [3.05, 3.63) is 5.82 Å². The van der Waals surface area contributed by atoms with Gasteiger partial charge in [0.2, 0.25) is 11.0 Å². The Morgan fingerprint density at radius 2 is 2.12 bits per heavy atom. The Morgan fingerprint density at radius 1 is 1.50 bits per heavy atom. The monoisotopic (exact) mass is 253 g/mol. The molecule has 1 aliphatic carbocycles. The van der Waals surface area contributed by atoms with E-state index >= 15 is 0 Å². The molecule has 0 aliphatic heterocycles. The molecule has 0 bridgehead atoms. The maximum absolute atomic E-state index is 12.2. The van der Waals surface area contributed by atoms with Crippen LogP contribution in [0, 0.1) is 0 Å². The maximum Gasteiger partial charge on any atom is 0.452 e. The molecule has 90 valence electrons. The standard InChI is InChI=1S/C8H10F3N3OS/c1-7(15)2-4(3-7)12-6-13-5(14-16-6)8(9,10)11/h4,15H,2-3H2,1H3,(H,12,13,14). The fourth-order valence-corrected chi connectivity index (χ4v) is 2.34. The quantitative estimate of drug-likeness (QED) is 0.845. The highest BCUT2D eigenvalue weighted by Gasteiger charge is 2.40. The van der Waals surface area contributed by atoms with Gasteiger partial charge in [-0.25, -0.2) is 0 Å². The maximum atomic E-state index is 12.2. The summed E-state index contributed by atoms with van der Waals surface area (Å²) in [7, 11) is 0. The molecule has 0 saturated heterocycles. The third kappa shape index (κ3) is 2.43. The van der Waals surface area contributed by atoms with E-state index in [9.17, 15) is 18.3 Å². The number of halogens is 3. The van der Waals surface area contributed by atoms with E-state index in [1.807, 2.05) is 0 Å². The SMILES string of the molecule is CC1(O)CC(Nc2nc(C(F)(F)F)ns2)C1. The number of nitrogens with zero attached hydrogens (tertiary/aromatic N) is 2. The van der Waals surface area contributed by atoms with E-state index in [2.05, 4.69) is 14.7 Å². The second-order valence-electron chi connectivity index (χ2n) is 4.17. The van der Waals surface area contributed by atoms with Crippen LogP contribution in [0.25, 0.3) is 0 Å². The first-order chi connectivity index (χ1) is 7.26. The van der Waals surface area contributed by atoms with Crippen molar-refractivity contribution in [3.8, 4) is 0 Å². The number of hydrogen-bond acceptors (Lipinski definition) is 5. The highest BCUT2D eigenvalue weighted by Crippen LogP contribution is 2.35. The summed E-state index contributed by atoms with van der Waals surface area (Å²) >= 11 is 0.680. The van der Waals surface area contributed by atoms with Crippen LogP contribution in [0.5, 0.6) is 0 Å². The summed E-state index contributed by atoms with van der Waals surface area (Å²) in [5.74, 6) is -1.12. The number of aromatic nitrogens is 2. The zero-order chi connectivity index (χ0) is 12.0. The van der Waals surface area contributed by atoms with Gasteiger partial charge in [0.15, 0.2) is 0 Å². The highest BCUT2D eigenvalue weighted by molar-refractivity contribution is 7.09. The van der Waals surface area contributed by atoms with Gasteiger partial charge in [-0.2, -0.15) is 22.5 Å². The molecule has 1 aromatic rings.